The van der Waals surface area contributed by atoms with Crippen LogP contribution in [-0.4, -0.2) is 27.9 Å². The lowest BCUT2D eigenvalue weighted by Crippen LogP contribution is -2.37. The van der Waals surface area contributed by atoms with Crippen LogP contribution in [0.1, 0.15) is 29.5 Å². The van der Waals surface area contributed by atoms with Crippen molar-refractivity contribution >= 4 is 23.2 Å². The molecule has 1 aromatic rings. The van der Waals surface area contributed by atoms with Crippen LogP contribution in [0.25, 0.3) is 0 Å². The maximum atomic E-state index is 11.6. The van der Waals surface area contributed by atoms with Crippen LogP contribution in [0.4, 0.5) is 0 Å². The lowest BCUT2D eigenvalue weighted by Gasteiger charge is -2.20. The zero-order chi connectivity index (χ0) is 12.4. The van der Waals surface area contributed by atoms with Crippen molar-refractivity contribution in [2.45, 2.75) is 38.8 Å². The normalized spacial score (nSPS) is 19.9. The van der Waals surface area contributed by atoms with E-state index in [1.165, 1.54) is 9.78 Å². The number of amides is 1. The number of nitrogens with zero attached hydrogens (tertiary/aromatic N) is 1. The number of rotatable bonds is 4. The van der Waals surface area contributed by atoms with Crippen molar-refractivity contribution in [3.63, 3.8) is 0 Å². The number of thiophene rings is 1. The van der Waals surface area contributed by atoms with Crippen LogP contribution in [-0.2, 0) is 22.6 Å². The van der Waals surface area contributed by atoms with E-state index < -0.39 is 12.0 Å². The van der Waals surface area contributed by atoms with Gasteiger partial charge >= 0.3 is 5.97 Å². The first-order chi connectivity index (χ1) is 8.11. The molecule has 17 heavy (non-hydrogen) atoms. The van der Waals surface area contributed by atoms with Crippen molar-refractivity contribution in [1.29, 1.82) is 0 Å². The van der Waals surface area contributed by atoms with E-state index in [0.717, 1.165) is 11.3 Å². The maximum Gasteiger partial charge on any atom is 0.326 e. The summed E-state index contributed by atoms with van der Waals surface area (Å²) in [5.74, 6) is -0.952. The smallest absolute Gasteiger partial charge is 0.326 e. The number of carboxylic acid groups (broad SMARTS) is 1. The molecule has 1 aromatic heterocycles. The molecule has 1 aliphatic rings. The fraction of sp³-hybridized carbons (Fsp3) is 0.500. The van der Waals surface area contributed by atoms with Gasteiger partial charge in [-0.2, -0.15) is 0 Å². The molecule has 0 aliphatic carbocycles. The predicted molar refractivity (Wildman–Crippen MR) is 64.9 cm³/mol. The minimum Gasteiger partial charge on any atom is -0.480 e. The van der Waals surface area contributed by atoms with Crippen LogP contribution in [0, 0.1) is 0 Å². The van der Waals surface area contributed by atoms with Gasteiger partial charge in [0, 0.05) is 16.2 Å². The van der Waals surface area contributed by atoms with E-state index in [4.69, 9.17) is 5.11 Å². The third-order valence-corrected chi connectivity index (χ3v) is 4.22. The summed E-state index contributed by atoms with van der Waals surface area (Å²) in [6, 6.07) is 3.37. The minimum atomic E-state index is -0.900. The second-order valence-corrected chi connectivity index (χ2v) is 5.39. The van der Waals surface area contributed by atoms with E-state index in [9.17, 15) is 9.59 Å². The van der Waals surface area contributed by atoms with Crippen molar-refractivity contribution in [2.24, 2.45) is 0 Å². The molecular weight excluding hydrogens is 238 g/mol. The summed E-state index contributed by atoms with van der Waals surface area (Å²) in [5.41, 5.74) is 0. The van der Waals surface area contributed by atoms with Gasteiger partial charge in [-0.05, 0) is 25.0 Å². The maximum absolute atomic E-state index is 11.6. The molecule has 0 radical (unpaired) electrons. The lowest BCUT2D eigenvalue weighted by atomic mass is 10.2. The average molecular weight is 253 g/mol. The number of aliphatic carboxylic acids is 1. The molecule has 4 nitrogen and oxygen atoms in total. The summed E-state index contributed by atoms with van der Waals surface area (Å²) in [7, 11) is 0. The van der Waals surface area contributed by atoms with Crippen LogP contribution in [0.3, 0.4) is 0 Å². The number of carbonyl (C=O) groups excluding carboxylic acids is 1. The summed E-state index contributed by atoms with van der Waals surface area (Å²) < 4.78 is 0. The molecule has 2 rings (SSSR count). The highest BCUT2D eigenvalue weighted by Gasteiger charge is 2.35. The number of carboxylic acids is 1. The molecule has 0 saturated carbocycles. The Bertz CT molecular complexity index is 441. The number of carbonyl (C=O) groups is 2. The van der Waals surface area contributed by atoms with Crippen molar-refractivity contribution < 1.29 is 14.7 Å². The van der Waals surface area contributed by atoms with Crippen LogP contribution in [0.5, 0.6) is 0 Å². The molecule has 1 saturated heterocycles. The number of hydrogen-bond donors (Lipinski definition) is 1. The molecule has 1 N–H and O–H groups in total. The van der Waals surface area contributed by atoms with Gasteiger partial charge in [0.2, 0.25) is 5.91 Å². The van der Waals surface area contributed by atoms with E-state index >= 15 is 0 Å². The molecule has 0 aromatic carbocycles. The van der Waals surface area contributed by atoms with Gasteiger partial charge in [-0.25, -0.2) is 4.79 Å². The molecule has 1 unspecified atom stereocenters. The van der Waals surface area contributed by atoms with Crippen molar-refractivity contribution in [1.82, 2.24) is 4.90 Å². The van der Waals surface area contributed by atoms with Gasteiger partial charge in [-0.1, -0.05) is 6.92 Å². The van der Waals surface area contributed by atoms with Crippen molar-refractivity contribution in [3.8, 4) is 0 Å². The zero-order valence-electron chi connectivity index (χ0n) is 9.68. The van der Waals surface area contributed by atoms with Gasteiger partial charge in [0.25, 0.3) is 0 Å². The first-order valence-corrected chi connectivity index (χ1v) is 6.53. The third-order valence-electron chi connectivity index (χ3n) is 3.01. The molecule has 0 bridgehead atoms. The second-order valence-electron chi connectivity index (χ2n) is 4.14. The van der Waals surface area contributed by atoms with Gasteiger partial charge in [0.05, 0.1) is 6.54 Å². The van der Waals surface area contributed by atoms with E-state index in [0.29, 0.717) is 19.4 Å². The van der Waals surface area contributed by atoms with Gasteiger partial charge in [-0.3, -0.25) is 4.79 Å². The van der Waals surface area contributed by atoms with Crippen molar-refractivity contribution in [3.05, 3.63) is 21.9 Å². The molecule has 5 heteroatoms. The average Bonchev–Trinajstić information content (AvgIpc) is 2.87. The zero-order valence-corrected chi connectivity index (χ0v) is 10.5. The Kier molecular flexibility index (Phi) is 3.47. The van der Waals surface area contributed by atoms with Crippen LogP contribution < -0.4 is 0 Å². The largest absolute Gasteiger partial charge is 0.480 e. The second kappa shape index (κ2) is 4.87. The molecule has 1 aliphatic heterocycles. The van der Waals surface area contributed by atoms with Crippen LogP contribution >= 0.6 is 11.3 Å². The Balaban J connectivity index is 2.10. The molecule has 92 valence electrons. The van der Waals surface area contributed by atoms with Crippen LogP contribution in [0.15, 0.2) is 12.1 Å². The molecule has 1 fully saturated rings. The highest BCUT2D eigenvalue weighted by atomic mass is 32.1. The molecule has 0 spiro atoms. The summed E-state index contributed by atoms with van der Waals surface area (Å²) >= 11 is 1.65. The first kappa shape index (κ1) is 12.1. The topological polar surface area (TPSA) is 57.6 Å². The standard InChI is InChI=1S/C12H15NO3S/c1-2-8-3-4-9(17-8)7-13-10(12(15)16)5-6-11(13)14/h3-4,10H,2,5-7H2,1H3,(H,15,16). The highest BCUT2D eigenvalue weighted by Crippen LogP contribution is 2.25. The van der Waals surface area contributed by atoms with Gasteiger partial charge < -0.3 is 10.0 Å². The first-order valence-electron chi connectivity index (χ1n) is 5.71. The Morgan fingerprint density at radius 3 is 2.82 bits per heavy atom. The fourth-order valence-corrected chi connectivity index (χ4v) is 3.01. The highest BCUT2D eigenvalue weighted by molar-refractivity contribution is 7.11. The molecular formula is C12H15NO3S. The molecule has 1 atom stereocenters. The third kappa shape index (κ3) is 2.49. The number of aryl methyl sites for hydroxylation is 1. The molecule has 2 heterocycles. The summed E-state index contributed by atoms with van der Waals surface area (Å²) in [5, 5.41) is 9.04. The van der Waals surface area contributed by atoms with E-state index in [-0.39, 0.29) is 5.91 Å². The summed E-state index contributed by atoms with van der Waals surface area (Å²) in [6.07, 6.45) is 1.75. The summed E-state index contributed by atoms with van der Waals surface area (Å²) in [6.45, 7) is 2.51. The van der Waals surface area contributed by atoms with E-state index in [1.54, 1.807) is 11.3 Å². The molecule has 1 amide bonds. The predicted octanol–water partition coefficient (Wildman–Crippen LogP) is 1.89. The number of likely N-dealkylation sites (tertiary alicyclic amines) is 1. The number of hydrogen-bond acceptors (Lipinski definition) is 3. The summed E-state index contributed by atoms with van der Waals surface area (Å²) in [4.78, 5) is 26.5. The SMILES string of the molecule is CCc1ccc(CN2C(=O)CCC2C(=O)O)s1. The Morgan fingerprint density at radius 1 is 1.53 bits per heavy atom. The van der Waals surface area contributed by atoms with Crippen LogP contribution in [0.2, 0.25) is 0 Å². The quantitative estimate of drug-likeness (QED) is 0.891. The Hall–Kier alpha value is -1.36. The monoisotopic (exact) mass is 253 g/mol. The Morgan fingerprint density at radius 2 is 2.24 bits per heavy atom. The van der Waals surface area contributed by atoms with E-state index in [1.807, 2.05) is 12.1 Å². The lowest BCUT2D eigenvalue weighted by molar-refractivity contribution is -0.146. The Labute approximate surface area is 104 Å². The van der Waals surface area contributed by atoms with E-state index in [2.05, 4.69) is 6.92 Å². The fourth-order valence-electron chi connectivity index (χ4n) is 2.05. The van der Waals surface area contributed by atoms with Gasteiger partial charge in [0.1, 0.15) is 6.04 Å². The van der Waals surface area contributed by atoms with Gasteiger partial charge in [0.15, 0.2) is 0 Å². The minimum absolute atomic E-state index is 0.0520. The van der Waals surface area contributed by atoms with Crippen molar-refractivity contribution in [2.75, 3.05) is 0 Å². The van der Waals surface area contributed by atoms with Gasteiger partial charge in [-0.15, -0.1) is 11.3 Å².